The summed E-state index contributed by atoms with van der Waals surface area (Å²) in [6.45, 7) is 4.05. The van der Waals surface area contributed by atoms with Crippen LogP contribution in [0.25, 0.3) is 0 Å². The zero-order chi connectivity index (χ0) is 36.8. The molecule has 0 heterocycles. The first-order valence-electron chi connectivity index (χ1n) is 20.3. The maximum Gasteiger partial charge on any atom is 0.472 e. The molecule has 0 aromatic carbocycles. The van der Waals surface area contributed by atoms with E-state index in [-0.39, 0.29) is 25.7 Å². The largest absolute Gasteiger partial charge is 0.472 e. The van der Waals surface area contributed by atoms with Gasteiger partial charge in [-0.2, -0.15) is 0 Å². The molecule has 5 N–H and O–H groups in total. The maximum absolute atomic E-state index is 12.7. The number of rotatable bonds is 37. The van der Waals surface area contributed by atoms with E-state index in [1.54, 1.807) is 0 Å². The van der Waals surface area contributed by atoms with Crippen LogP contribution in [-0.2, 0) is 18.4 Å². The lowest BCUT2D eigenvalue weighted by Crippen LogP contribution is -2.46. The van der Waals surface area contributed by atoms with Crippen molar-refractivity contribution in [2.75, 3.05) is 19.8 Å². The van der Waals surface area contributed by atoms with Crippen molar-refractivity contribution in [3.63, 3.8) is 0 Å². The van der Waals surface area contributed by atoms with Crippen LogP contribution in [-0.4, -0.2) is 47.8 Å². The third kappa shape index (κ3) is 34.9. The van der Waals surface area contributed by atoms with Crippen LogP contribution in [0.1, 0.15) is 174 Å². The fraction of sp³-hybridized carbons (Fsp3) is 0.780. The highest BCUT2D eigenvalue weighted by Crippen LogP contribution is 2.43. The van der Waals surface area contributed by atoms with Crippen molar-refractivity contribution in [3.8, 4) is 0 Å². The number of aliphatic hydroxyl groups excluding tert-OH is 1. The van der Waals surface area contributed by atoms with Crippen LogP contribution >= 0.6 is 7.82 Å². The number of phosphoric ester groups is 1. The lowest BCUT2D eigenvalue weighted by Gasteiger charge is -2.25. The SMILES string of the molecule is CC/C=C\C/C=C\C/C=C\C/C=C\CCCCC(=O)NC(COP(=O)(O)OCCN)C(O)CCCCCCCCCCCCCCCCCC. The van der Waals surface area contributed by atoms with Crippen molar-refractivity contribution in [1.29, 1.82) is 0 Å². The summed E-state index contributed by atoms with van der Waals surface area (Å²) in [5.74, 6) is -0.203. The standard InChI is InChI=1S/C41H77N2O6P/c1-3-5-7-9-11-13-15-17-19-21-22-24-26-28-30-32-34-40(44)39(38-49-50(46,47)48-37-36-42)43-41(45)35-33-31-29-27-25-23-20-18-16-14-12-10-8-6-4-2/h6,8,12,14,18,20,25,27,39-40,44H,3-5,7,9-11,13,15-17,19,21-24,26,28-38,42H2,1-2H3,(H,43,45)(H,46,47)/b8-6-,14-12-,20-18-,27-25-. The third-order valence-electron chi connectivity index (χ3n) is 8.70. The number of phosphoric acid groups is 1. The molecule has 0 aliphatic heterocycles. The molecule has 8 nitrogen and oxygen atoms in total. The Bertz CT molecular complexity index is 923. The number of allylic oxidation sites excluding steroid dienone is 8. The minimum atomic E-state index is -4.32. The molecule has 0 saturated carbocycles. The Hall–Kier alpha value is -1.54. The van der Waals surface area contributed by atoms with E-state index in [0.29, 0.717) is 19.3 Å². The Labute approximate surface area is 307 Å². The molecule has 0 aromatic rings. The summed E-state index contributed by atoms with van der Waals surface area (Å²) in [5.41, 5.74) is 5.37. The van der Waals surface area contributed by atoms with Gasteiger partial charge in [0.05, 0.1) is 25.4 Å². The molecule has 0 spiro atoms. The summed E-state index contributed by atoms with van der Waals surface area (Å²) in [5, 5.41) is 13.7. The van der Waals surface area contributed by atoms with E-state index in [1.807, 2.05) is 0 Å². The molecular formula is C41H77N2O6P. The lowest BCUT2D eigenvalue weighted by molar-refractivity contribution is -0.123. The highest BCUT2D eigenvalue weighted by molar-refractivity contribution is 7.47. The van der Waals surface area contributed by atoms with Crippen molar-refractivity contribution >= 4 is 13.7 Å². The van der Waals surface area contributed by atoms with Gasteiger partial charge in [0.15, 0.2) is 0 Å². The summed E-state index contributed by atoms with van der Waals surface area (Å²) < 4.78 is 22.1. The summed E-state index contributed by atoms with van der Waals surface area (Å²) in [7, 11) is -4.32. The Balaban J connectivity index is 4.29. The number of nitrogens with one attached hydrogen (secondary N) is 1. The maximum atomic E-state index is 12.7. The van der Waals surface area contributed by atoms with Gasteiger partial charge >= 0.3 is 7.82 Å². The van der Waals surface area contributed by atoms with Gasteiger partial charge in [-0.1, -0.05) is 165 Å². The van der Waals surface area contributed by atoms with Gasteiger partial charge in [0.1, 0.15) is 0 Å². The van der Waals surface area contributed by atoms with Crippen molar-refractivity contribution in [3.05, 3.63) is 48.6 Å². The molecule has 1 amide bonds. The Kier molecular flexibility index (Phi) is 36.1. The van der Waals surface area contributed by atoms with E-state index < -0.39 is 20.0 Å². The Morgan fingerprint density at radius 3 is 1.66 bits per heavy atom. The summed E-state index contributed by atoms with van der Waals surface area (Å²) >= 11 is 0. The Morgan fingerprint density at radius 2 is 1.16 bits per heavy atom. The average molecular weight is 725 g/mol. The Morgan fingerprint density at radius 1 is 0.680 bits per heavy atom. The van der Waals surface area contributed by atoms with E-state index in [9.17, 15) is 19.4 Å². The van der Waals surface area contributed by atoms with Gasteiger partial charge in [-0.05, 0) is 51.4 Å². The predicted octanol–water partition coefficient (Wildman–Crippen LogP) is 10.9. The quantitative estimate of drug-likeness (QED) is 0.0285. The molecule has 3 atom stereocenters. The summed E-state index contributed by atoms with van der Waals surface area (Å²) in [6, 6.07) is -0.796. The number of hydrogen-bond acceptors (Lipinski definition) is 6. The normalized spacial score (nSPS) is 14.7. The van der Waals surface area contributed by atoms with E-state index >= 15 is 0 Å². The van der Waals surface area contributed by atoms with Gasteiger partial charge in [-0.3, -0.25) is 13.8 Å². The van der Waals surface area contributed by atoms with Crippen LogP contribution in [0.2, 0.25) is 0 Å². The molecular weight excluding hydrogens is 647 g/mol. The van der Waals surface area contributed by atoms with E-state index in [4.69, 9.17) is 14.8 Å². The highest BCUT2D eigenvalue weighted by Gasteiger charge is 2.27. The topological polar surface area (TPSA) is 131 Å². The van der Waals surface area contributed by atoms with Crippen molar-refractivity contribution < 1.29 is 28.4 Å². The second-order valence-electron chi connectivity index (χ2n) is 13.5. The van der Waals surface area contributed by atoms with Crippen LogP contribution in [0.5, 0.6) is 0 Å². The number of carbonyl (C=O) groups excluding carboxylic acids is 1. The number of carbonyl (C=O) groups is 1. The molecule has 292 valence electrons. The van der Waals surface area contributed by atoms with Gasteiger partial charge in [-0.25, -0.2) is 4.57 Å². The number of aliphatic hydroxyl groups is 1. The van der Waals surface area contributed by atoms with Crippen molar-refractivity contribution in [2.24, 2.45) is 5.73 Å². The van der Waals surface area contributed by atoms with Gasteiger partial charge in [0, 0.05) is 13.0 Å². The number of hydrogen-bond donors (Lipinski definition) is 4. The van der Waals surface area contributed by atoms with Crippen LogP contribution in [0.15, 0.2) is 48.6 Å². The van der Waals surface area contributed by atoms with Crippen LogP contribution < -0.4 is 11.1 Å². The zero-order valence-corrected chi connectivity index (χ0v) is 33.0. The molecule has 0 aliphatic carbocycles. The van der Waals surface area contributed by atoms with Gasteiger partial charge < -0.3 is 21.1 Å². The molecule has 0 radical (unpaired) electrons. The van der Waals surface area contributed by atoms with E-state index in [2.05, 4.69) is 67.8 Å². The van der Waals surface area contributed by atoms with Crippen LogP contribution in [0, 0.1) is 0 Å². The van der Waals surface area contributed by atoms with E-state index in [1.165, 1.54) is 83.5 Å². The van der Waals surface area contributed by atoms with Crippen molar-refractivity contribution in [1.82, 2.24) is 5.32 Å². The summed E-state index contributed by atoms with van der Waals surface area (Å²) in [6.07, 6.45) is 44.0. The highest BCUT2D eigenvalue weighted by atomic mass is 31.2. The number of nitrogens with two attached hydrogens (primary N) is 1. The number of unbranched alkanes of at least 4 members (excludes halogenated alkanes) is 17. The molecule has 9 heteroatoms. The van der Waals surface area contributed by atoms with Crippen molar-refractivity contribution in [2.45, 2.75) is 187 Å². The second kappa shape index (κ2) is 37.2. The minimum absolute atomic E-state index is 0.0802. The molecule has 50 heavy (non-hydrogen) atoms. The minimum Gasteiger partial charge on any atom is -0.391 e. The van der Waals surface area contributed by atoms with Gasteiger partial charge in [0.2, 0.25) is 5.91 Å². The molecule has 0 aromatic heterocycles. The molecule has 3 unspecified atom stereocenters. The first kappa shape index (κ1) is 48.5. The third-order valence-corrected chi connectivity index (χ3v) is 9.68. The first-order chi connectivity index (χ1) is 24.4. The molecule has 0 saturated heterocycles. The van der Waals surface area contributed by atoms with Gasteiger partial charge in [-0.15, -0.1) is 0 Å². The van der Waals surface area contributed by atoms with Gasteiger partial charge in [0.25, 0.3) is 0 Å². The molecule has 0 aliphatic rings. The van der Waals surface area contributed by atoms with Crippen LogP contribution in [0.4, 0.5) is 0 Å². The first-order valence-corrected chi connectivity index (χ1v) is 21.7. The summed E-state index contributed by atoms with van der Waals surface area (Å²) in [4.78, 5) is 22.7. The fourth-order valence-corrected chi connectivity index (χ4v) is 6.42. The van der Waals surface area contributed by atoms with Crippen LogP contribution in [0.3, 0.4) is 0 Å². The fourth-order valence-electron chi connectivity index (χ4n) is 5.66. The molecule has 0 bridgehead atoms. The average Bonchev–Trinajstić information content (AvgIpc) is 3.10. The zero-order valence-electron chi connectivity index (χ0n) is 32.1. The second-order valence-corrected chi connectivity index (χ2v) is 14.9. The predicted molar refractivity (Wildman–Crippen MR) is 212 cm³/mol. The van der Waals surface area contributed by atoms with E-state index in [0.717, 1.165) is 57.8 Å². The molecule has 0 rings (SSSR count). The molecule has 0 fully saturated rings. The lowest BCUT2D eigenvalue weighted by atomic mass is 10.0. The smallest absolute Gasteiger partial charge is 0.391 e. The monoisotopic (exact) mass is 725 g/mol. The number of amides is 1.